The van der Waals surface area contributed by atoms with Gasteiger partial charge in [-0.25, -0.2) is 15.0 Å². The first-order valence-electron chi connectivity index (χ1n) is 17.3. The number of hydrogen-bond acceptors (Lipinski definition) is 4. The number of benzene rings is 8. The van der Waals surface area contributed by atoms with E-state index in [0.29, 0.717) is 23.0 Å². The van der Waals surface area contributed by atoms with E-state index in [9.17, 15) is 5.26 Å². The van der Waals surface area contributed by atoms with Gasteiger partial charge in [0.05, 0.1) is 11.6 Å². The molecule has 0 atom stereocenters. The van der Waals surface area contributed by atoms with E-state index in [4.69, 9.17) is 15.0 Å². The quantitative estimate of drug-likeness (QED) is 0.184. The fraction of sp³-hybridized carbons (Fsp3) is 0. The van der Waals surface area contributed by atoms with E-state index >= 15 is 0 Å². The molecule has 1 aromatic heterocycles. The van der Waals surface area contributed by atoms with Gasteiger partial charge in [-0.2, -0.15) is 5.26 Å². The molecule has 0 amide bonds. The van der Waals surface area contributed by atoms with Crippen LogP contribution >= 0.6 is 0 Å². The van der Waals surface area contributed by atoms with Crippen molar-refractivity contribution in [3.63, 3.8) is 0 Å². The number of nitriles is 1. The third-order valence-corrected chi connectivity index (χ3v) is 10.1. The molecule has 10 rings (SSSR count). The molecular formula is C48H28N4. The average molecular weight is 661 g/mol. The first kappa shape index (κ1) is 29.7. The summed E-state index contributed by atoms with van der Waals surface area (Å²) in [5.74, 6) is 1.88. The van der Waals surface area contributed by atoms with E-state index in [0.717, 1.165) is 49.7 Å². The molecule has 4 heteroatoms. The van der Waals surface area contributed by atoms with Crippen LogP contribution in [0.4, 0.5) is 0 Å². The zero-order valence-electron chi connectivity index (χ0n) is 28.0. The molecule has 240 valence electrons. The van der Waals surface area contributed by atoms with Gasteiger partial charge in [0, 0.05) is 22.1 Å². The predicted octanol–water partition coefficient (Wildman–Crippen LogP) is 12.0. The van der Waals surface area contributed by atoms with Crippen LogP contribution in [0.5, 0.6) is 0 Å². The number of rotatable bonds is 5. The number of hydrogen-bond donors (Lipinski definition) is 0. The SMILES string of the molecule is N#Cc1cccc2c(-c3ccc4c5c(ccc(-c6cccc(-c7nc(-c8ccccc8)nc(-c8ccccc8)n7)c6)c35)-c3ccccc3-4)cccc12. The molecule has 0 saturated carbocycles. The van der Waals surface area contributed by atoms with Gasteiger partial charge in [0.25, 0.3) is 0 Å². The lowest BCUT2D eigenvalue weighted by molar-refractivity contribution is 1.07. The Labute approximate surface area is 301 Å². The first-order chi connectivity index (χ1) is 25.7. The van der Waals surface area contributed by atoms with Crippen LogP contribution in [0.1, 0.15) is 5.56 Å². The topological polar surface area (TPSA) is 62.5 Å². The molecule has 0 spiro atoms. The Hall–Kier alpha value is -7.22. The summed E-state index contributed by atoms with van der Waals surface area (Å²) in [5.41, 5.74) is 12.8. The summed E-state index contributed by atoms with van der Waals surface area (Å²) >= 11 is 0. The largest absolute Gasteiger partial charge is 0.208 e. The van der Waals surface area contributed by atoms with Gasteiger partial charge in [-0.3, -0.25) is 0 Å². The van der Waals surface area contributed by atoms with Crippen molar-refractivity contribution in [2.45, 2.75) is 0 Å². The normalized spacial score (nSPS) is 11.4. The van der Waals surface area contributed by atoms with Gasteiger partial charge in [0.15, 0.2) is 17.5 Å². The van der Waals surface area contributed by atoms with Crippen LogP contribution in [0.3, 0.4) is 0 Å². The smallest absolute Gasteiger partial charge is 0.164 e. The van der Waals surface area contributed by atoms with E-state index < -0.39 is 0 Å². The predicted molar refractivity (Wildman–Crippen MR) is 211 cm³/mol. The lowest BCUT2D eigenvalue weighted by Gasteiger charge is -2.17. The van der Waals surface area contributed by atoms with Crippen molar-refractivity contribution in [1.29, 1.82) is 5.26 Å². The molecule has 0 radical (unpaired) electrons. The van der Waals surface area contributed by atoms with Gasteiger partial charge in [0.1, 0.15) is 0 Å². The molecule has 1 heterocycles. The fourth-order valence-electron chi connectivity index (χ4n) is 7.77. The van der Waals surface area contributed by atoms with Crippen LogP contribution in [-0.2, 0) is 0 Å². The van der Waals surface area contributed by atoms with Crippen LogP contribution in [0.25, 0.3) is 100 Å². The molecule has 4 nitrogen and oxygen atoms in total. The van der Waals surface area contributed by atoms with Gasteiger partial charge in [-0.1, -0.05) is 158 Å². The van der Waals surface area contributed by atoms with Crippen molar-refractivity contribution in [1.82, 2.24) is 15.0 Å². The molecule has 0 saturated heterocycles. The Morgan fingerprint density at radius 2 is 0.769 bits per heavy atom. The number of aromatic nitrogens is 3. The van der Waals surface area contributed by atoms with Crippen LogP contribution in [0.15, 0.2) is 170 Å². The Kier molecular flexibility index (Phi) is 6.84. The third kappa shape index (κ3) is 4.72. The molecular weight excluding hydrogens is 633 g/mol. The second-order valence-electron chi connectivity index (χ2n) is 13.1. The maximum atomic E-state index is 9.96. The second kappa shape index (κ2) is 12.0. The summed E-state index contributed by atoms with van der Waals surface area (Å²) < 4.78 is 0. The van der Waals surface area contributed by atoms with Crippen molar-refractivity contribution >= 4 is 21.5 Å². The summed E-state index contributed by atoms with van der Waals surface area (Å²) in [6.07, 6.45) is 0. The van der Waals surface area contributed by atoms with E-state index in [1.54, 1.807) is 0 Å². The van der Waals surface area contributed by atoms with Crippen molar-refractivity contribution in [2.24, 2.45) is 0 Å². The van der Waals surface area contributed by atoms with Crippen LogP contribution in [-0.4, -0.2) is 15.0 Å². The Morgan fingerprint density at radius 3 is 1.40 bits per heavy atom. The summed E-state index contributed by atoms with van der Waals surface area (Å²) in [5, 5.41) is 14.4. The maximum absolute atomic E-state index is 9.96. The summed E-state index contributed by atoms with van der Waals surface area (Å²) in [6, 6.07) is 61.1. The van der Waals surface area contributed by atoms with Gasteiger partial charge >= 0.3 is 0 Å². The highest BCUT2D eigenvalue weighted by Gasteiger charge is 2.25. The molecule has 1 aliphatic rings. The van der Waals surface area contributed by atoms with Crippen molar-refractivity contribution in [3.8, 4) is 84.7 Å². The zero-order valence-corrected chi connectivity index (χ0v) is 28.0. The molecule has 0 unspecified atom stereocenters. The summed E-state index contributed by atoms with van der Waals surface area (Å²) in [7, 11) is 0. The van der Waals surface area contributed by atoms with E-state index in [1.807, 2.05) is 78.9 Å². The lowest BCUT2D eigenvalue weighted by Crippen LogP contribution is -2.00. The highest BCUT2D eigenvalue weighted by Crippen LogP contribution is 2.52. The minimum atomic E-state index is 0.617. The third-order valence-electron chi connectivity index (χ3n) is 10.1. The van der Waals surface area contributed by atoms with E-state index in [2.05, 4.69) is 97.1 Å². The number of fused-ring (bicyclic) bond motifs is 4. The Bertz CT molecular complexity index is 2820. The maximum Gasteiger partial charge on any atom is 0.164 e. The van der Waals surface area contributed by atoms with Crippen LogP contribution in [0, 0.1) is 11.3 Å². The Morgan fingerprint density at radius 1 is 0.327 bits per heavy atom. The van der Waals surface area contributed by atoms with Gasteiger partial charge < -0.3 is 0 Å². The van der Waals surface area contributed by atoms with E-state index in [-0.39, 0.29) is 0 Å². The molecule has 8 aromatic carbocycles. The monoisotopic (exact) mass is 660 g/mol. The highest BCUT2D eigenvalue weighted by atomic mass is 15.0. The molecule has 52 heavy (non-hydrogen) atoms. The first-order valence-corrected chi connectivity index (χ1v) is 17.3. The van der Waals surface area contributed by atoms with Crippen molar-refractivity contribution < 1.29 is 0 Å². The van der Waals surface area contributed by atoms with Gasteiger partial charge in [-0.05, 0) is 72.8 Å². The molecule has 9 aromatic rings. The fourth-order valence-corrected chi connectivity index (χ4v) is 7.77. The summed E-state index contributed by atoms with van der Waals surface area (Å²) in [4.78, 5) is 15.0. The van der Waals surface area contributed by atoms with Crippen LogP contribution < -0.4 is 0 Å². The minimum Gasteiger partial charge on any atom is -0.208 e. The minimum absolute atomic E-state index is 0.617. The second-order valence-corrected chi connectivity index (χ2v) is 13.1. The molecule has 0 aliphatic heterocycles. The van der Waals surface area contributed by atoms with Crippen molar-refractivity contribution in [3.05, 3.63) is 175 Å². The van der Waals surface area contributed by atoms with Crippen LogP contribution in [0.2, 0.25) is 0 Å². The summed E-state index contributed by atoms with van der Waals surface area (Å²) in [6.45, 7) is 0. The molecule has 0 fully saturated rings. The molecule has 0 bridgehead atoms. The van der Waals surface area contributed by atoms with Crippen molar-refractivity contribution in [2.75, 3.05) is 0 Å². The van der Waals surface area contributed by atoms with Gasteiger partial charge in [-0.15, -0.1) is 0 Å². The highest BCUT2D eigenvalue weighted by molar-refractivity contribution is 6.23. The zero-order chi connectivity index (χ0) is 34.6. The Balaban J connectivity index is 1.22. The number of nitrogens with zero attached hydrogens (tertiary/aromatic N) is 4. The lowest BCUT2D eigenvalue weighted by atomic mass is 9.86. The molecule has 0 N–H and O–H groups in total. The van der Waals surface area contributed by atoms with E-state index in [1.165, 1.54) is 33.0 Å². The average Bonchev–Trinajstić information content (AvgIpc) is 3.55. The van der Waals surface area contributed by atoms with Gasteiger partial charge in [0.2, 0.25) is 0 Å². The molecule has 1 aliphatic carbocycles. The standard InChI is InChI=1S/C48H28N4/c49-29-34-18-10-22-37-35(34)21-11-23-40(37)41-26-27-43-39-20-8-7-19-38(39)42-25-24-36(44(41)45(42)43)32-16-9-17-33(28-32)48-51-46(30-12-3-1-4-13-30)50-47(52-48)31-14-5-2-6-15-31/h1-28H.